The van der Waals surface area contributed by atoms with Gasteiger partial charge in [0.25, 0.3) is 5.56 Å². The standard InChI is InChI=1S/C22H23ClN4O3S2/c1-10-4-7-14-16(8-10)32-19-17(14)20(29)27(13-6-5-11(2)15(23)9-13)22(26-19)31-12(3)18(28)25-21(24)30/h5-6,9-10,12H,4,7-8H2,1-3H3,(H3,24,25,28,30). The Morgan fingerprint density at radius 3 is 2.84 bits per heavy atom. The number of aromatic nitrogens is 2. The molecule has 3 amide bonds. The van der Waals surface area contributed by atoms with Gasteiger partial charge in [0.1, 0.15) is 4.83 Å². The molecule has 0 bridgehead atoms. The smallest absolute Gasteiger partial charge is 0.318 e. The van der Waals surface area contributed by atoms with Crippen LogP contribution in [0.1, 0.15) is 36.3 Å². The molecule has 168 valence electrons. The molecule has 3 aromatic rings. The van der Waals surface area contributed by atoms with Crippen LogP contribution >= 0.6 is 34.7 Å². The van der Waals surface area contributed by atoms with Crippen molar-refractivity contribution in [1.29, 1.82) is 0 Å². The molecule has 1 aromatic carbocycles. The molecule has 2 atom stereocenters. The molecule has 1 aliphatic carbocycles. The number of nitrogens with one attached hydrogen (secondary N) is 1. The van der Waals surface area contributed by atoms with Crippen molar-refractivity contribution in [3.05, 3.63) is 49.6 Å². The summed E-state index contributed by atoms with van der Waals surface area (Å²) in [4.78, 5) is 43.8. The van der Waals surface area contributed by atoms with Crippen molar-refractivity contribution in [3.63, 3.8) is 0 Å². The Kier molecular flexibility index (Phi) is 6.33. The van der Waals surface area contributed by atoms with Crippen LogP contribution < -0.4 is 16.6 Å². The molecule has 7 nitrogen and oxygen atoms in total. The number of rotatable bonds is 4. The number of thiophene rings is 1. The molecule has 4 rings (SSSR count). The zero-order valence-corrected chi connectivity index (χ0v) is 20.3. The number of carbonyl (C=O) groups excluding carboxylic acids is 2. The number of fused-ring (bicyclic) bond motifs is 3. The van der Waals surface area contributed by atoms with Crippen LogP contribution in [0, 0.1) is 12.8 Å². The Balaban J connectivity index is 1.90. The minimum Gasteiger partial charge on any atom is -0.351 e. The fourth-order valence-corrected chi connectivity index (χ4v) is 6.36. The maximum atomic E-state index is 13.8. The van der Waals surface area contributed by atoms with Crippen molar-refractivity contribution in [2.24, 2.45) is 11.7 Å². The highest BCUT2D eigenvalue weighted by molar-refractivity contribution is 8.00. The van der Waals surface area contributed by atoms with Crippen LogP contribution in [0.2, 0.25) is 5.02 Å². The number of nitrogens with two attached hydrogens (primary N) is 1. The summed E-state index contributed by atoms with van der Waals surface area (Å²) in [6.45, 7) is 5.74. The highest BCUT2D eigenvalue weighted by Crippen LogP contribution is 2.37. The molecule has 0 spiro atoms. The first-order chi connectivity index (χ1) is 15.2. The molecular weight excluding hydrogens is 468 g/mol. The predicted molar refractivity (Wildman–Crippen MR) is 129 cm³/mol. The SMILES string of the molecule is Cc1ccc(-n2c(SC(C)C(=O)NC(N)=O)nc3sc4c(c3c2=O)CCC(C)C4)cc1Cl. The molecule has 3 N–H and O–H groups in total. The van der Waals surface area contributed by atoms with Crippen LogP contribution in [-0.2, 0) is 17.6 Å². The largest absolute Gasteiger partial charge is 0.351 e. The Hall–Kier alpha value is -2.36. The molecule has 1 aliphatic rings. The minimum atomic E-state index is -0.923. The van der Waals surface area contributed by atoms with Gasteiger partial charge in [-0.05, 0) is 62.3 Å². The van der Waals surface area contributed by atoms with Crippen LogP contribution in [0.3, 0.4) is 0 Å². The zero-order valence-electron chi connectivity index (χ0n) is 17.9. The average molecular weight is 491 g/mol. The van der Waals surface area contributed by atoms with Gasteiger partial charge in [0, 0.05) is 9.90 Å². The van der Waals surface area contributed by atoms with Gasteiger partial charge >= 0.3 is 6.03 Å². The first-order valence-electron chi connectivity index (χ1n) is 10.3. The summed E-state index contributed by atoms with van der Waals surface area (Å²) in [5.41, 5.74) is 7.46. The number of imide groups is 1. The molecule has 0 fully saturated rings. The lowest BCUT2D eigenvalue weighted by atomic mass is 9.89. The summed E-state index contributed by atoms with van der Waals surface area (Å²) in [5, 5.41) is 2.92. The lowest BCUT2D eigenvalue weighted by molar-refractivity contribution is -0.119. The summed E-state index contributed by atoms with van der Waals surface area (Å²) in [6.07, 6.45) is 2.83. The van der Waals surface area contributed by atoms with Crippen molar-refractivity contribution in [1.82, 2.24) is 14.9 Å². The van der Waals surface area contributed by atoms with Crippen molar-refractivity contribution >= 4 is 56.9 Å². The van der Waals surface area contributed by atoms with E-state index in [0.29, 0.717) is 32.0 Å². The minimum absolute atomic E-state index is 0.174. The van der Waals surface area contributed by atoms with Gasteiger partial charge in [-0.25, -0.2) is 9.78 Å². The maximum Gasteiger partial charge on any atom is 0.318 e. The number of hydrogen-bond acceptors (Lipinski definition) is 6. The van der Waals surface area contributed by atoms with Crippen molar-refractivity contribution in [2.75, 3.05) is 0 Å². The second-order valence-corrected chi connectivity index (χ2v) is 10.9. The number of thioether (sulfide) groups is 1. The van der Waals surface area contributed by atoms with Gasteiger partial charge in [-0.2, -0.15) is 0 Å². The summed E-state index contributed by atoms with van der Waals surface area (Å²) in [7, 11) is 0. The highest BCUT2D eigenvalue weighted by Gasteiger charge is 2.27. The summed E-state index contributed by atoms with van der Waals surface area (Å²) < 4.78 is 1.51. The fraction of sp³-hybridized carbons (Fsp3) is 0.364. The zero-order chi connectivity index (χ0) is 23.2. The van der Waals surface area contributed by atoms with Crippen LogP contribution in [0.5, 0.6) is 0 Å². The Bertz CT molecular complexity index is 1300. The van der Waals surface area contributed by atoms with E-state index >= 15 is 0 Å². The van der Waals surface area contributed by atoms with Gasteiger partial charge in [-0.1, -0.05) is 36.4 Å². The maximum absolute atomic E-state index is 13.8. The number of halogens is 1. The normalized spacial score (nSPS) is 16.6. The molecule has 0 radical (unpaired) electrons. The number of urea groups is 1. The molecule has 10 heteroatoms. The van der Waals surface area contributed by atoms with Gasteiger partial charge in [0.2, 0.25) is 5.91 Å². The van der Waals surface area contributed by atoms with Crippen molar-refractivity contribution in [3.8, 4) is 5.69 Å². The monoisotopic (exact) mass is 490 g/mol. The number of benzene rings is 1. The van der Waals surface area contributed by atoms with E-state index in [0.717, 1.165) is 42.2 Å². The Labute approximate surface area is 198 Å². The third-order valence-electron chi connectivity index (χ3n) is 5.61. The van der Waals surface area contributed by atoms with E-state index in [2.05, 4.69) is 12.2 Å². The summed E-state index contributed by atoms with van der Waals surface area (Å²) in [5.74, 6) is 0.0182. The number of primary amides is 1. The lowest BCUT2D eigenvalue weighted by Gasteiger charge is -2.18. The quantitative estimate of drug-likeness (QED) is 0.420. The molecule has 2 aromatic heterocycles. The summed E-state index contributed by atoms with van der Waals surface area (Å²) >= 11 is 9.00. The van der Waals surface area contributed by atoms with Crippen LogP contribution in [0.15, 0.2) is 28.2 Å². The van der Waals surface area contributed by atoms with Crippen molar-refractivity contribution < 1.29 is 9.59 Å². The Morgan fingerprint density at radius 1 is 1.41 bits per heavy atom. The van der Waals surface area contributed by atoms with Crippen LogP contribution in [0.25, 0.3) is 15.9 Å². The molecule has 32 heavy (non-hydrogen) atoms. The van der Waals surface area contributed by atoms with E-state index < -0.39 is 17.2 Å². The predicted octanol–water partition coefficient (Wildman–Crippen LogP) is 4.21. The second kappa shape index (κ2) is 8.88. The number of carbonyl (C=O) groups is 2. The number of amides is 3. The van der Waals surface area contributed by atoms with E-state index in [1.165, 1.54) is 9.44 Å². The third-order valence-corrected chi connectivity index (χ3v) is 8.22. The first-order valence-corrected chi connectivity index (χ1v) is 12.3. The van der Waals surface area contributed by atoms with Gasteiger partial charge in [0.15, 0.2) is 5.16 Å². The molecular formula is C22H23ClN4O3S2. The topological polar surface area (TPSA) is 107 Å². The number of nitrogens with zero attached hydrogens (tertiary/aromatic N) is 2. The van der Waals surface area contributed by atoms with Crippen LogP contribution in [-0.4, -0.2) is 26.7 Å². The average Bonchev–Trinajstić information content (AvgIpc) is 3.07. The number of aryl methyl sites for hydroxylation is 2. The first kappa shape index (κ1) is 22.8. The third kappa shape index (κ3) is 4.29. The molecule has 0 aliphatic heterocycles. The highest BCUT2D eigenvalue weighted by atomic mass is 35.5. The van der Waals surface area contributed by atoms with E-state index in [9.17, 15) is 14.4 Å². The fourth-order valence-electron chi connectivity index (χ4n) is 3.83. The van der Waals surface area contributed by atoms with Gasteiger partial charge in [-0.3, -0.25) is 19.5 Å². The van der Waals surface area contributed by atoms with Gasteiger partial charge in [-0.15, -0.1) is 11.3 Å². The molecule has 0 saturated heterocycles. The molecule has 2 unspecified atom stereocenters. The molecule has 2 heterocycles. The lowest BCUT2D eigenvalue weighted by Crippen LogP contribution is -2.39. The van der Waals surface area contributed by atoms with Gasteiger partial charge in [0.05, 0.1) is 16.3 Å². The van der Waals surface area contributed by atoms with E-state index in [1.807, 2.05) is 19.1 Å². The Morgan fingerprint density at radius 2 is 2.16 bits per heavy atom. The second-order valence-electron chi connectivity index (χ2n) is 8.11. The van der Waals surface area contributed by atoms with Gasteiger partial charge < -0.3 is 5.73 Å². The molecule has 0 saturated carbocycles. The van der Waals surface area contributed by atoms with Crippen molar-refractivity contribution in [2.45, 2.75) is 50.4 Å². The van der Waals surface area contributed by atoms with E-state index in [4.69, 9.17) is 22.3 Å². The van der Waals surface area contributed by atoms with E-state index in [1.54, 1.807) is 24.3 Å². The van der Waals surface area contributed by atoms with Crippen LogP contribution in [0.4, 0.5) is 4.79 Å². The summed E-state index contributed by atoms with van der Waals surface area (Å²) in [6, 6.07) is 4.46. The van der Waals surface area contributed by atoms with E-state index in [-0.39, 0.29) is 5.56 Å². The number of hydrogen-bond donors (Lipinski definition) is 2.